The molecule has 1 aromatic heterocycles. The molecule has 1 aliphatic heterocycles. The molecule has 2 unspecified atom stereocenters. The molecular weight excluding hydrogens is 314 g/mol. The van der Waals surface area contributed by atoms with Gasteiger partial charge in [0.25, 0.3) is 5.89 Å². The Morgan fingerprint density at radius 3 is 2.72 bits per heavy atom. The maximum atomic E-state index is 5.86. The van der Waals surface area contributed by atoms with E-state index in [2.05, 4.69) is 21.2 Å². The lowest BCUT2D eigenvalue weighted by atomic mass is 10.2. The molecule has 2 aromatic carbocycles. The van der Waals surface area contributed by atoms with E-state index in [4.69, 9.17) is 9.26 Å². The number of ether oxygens (including phenoxy) is 1. The second-order valence-corrected chi connectivity index (χ2v) is 6.26. The second kappa shape index (κ2) is 5.70. The fraction of sp³-hybridized carbons (Fsp3) is 0.150. The average molecular weight is 329 g/mol. The highest BCUT2D eigenvalue weighted by molar-refractivity contribution is 5.79. The van der Waals surface area contributed by atoms with Gasteiger partial charge in [0.1, 0.15) is 17.2 Å². The van der Waals surface area contributed by atoms with Crippen LogP contribution >= 0.6 is 0 Å². The Bertz CT molecular complexity index is 975. The van der Waals surface area contributed by atoms with E-state index in [0.717, 1.165) is 22.8 Å². The topological polar surface area (TPSA) is 60.5 Å². The van der Waals surface area contributed by atoms with E-state index in [0.29, 0.717) is 23.6 Å². The Balaban J connectivity index is 1.40. The number of aromatic nitrogens is 2. The van der Waals surface area contributed by atoms with Crippen LogP contribution < -0.4 is 4.74 Å². The lowest BCUT2D eigenvalue weighted by molar-refractivity contribution is 0.427. The largest absolute Gasteiger partial charge is 0.457 e. The normalized spacial score (nSPS) is 20.7. The predicted molar refractivity (Wildman–Crippen MR) is 94.3 cm³/mol. The first kappa shape index (κ1) is 14.2. The van der Waals surface area contributed by atoms with Gasteiger partial charge in [-0.2, -0.15) is 4.98 Å². The van der Waals surface area contributed by atoms with Crippen molar-refractivity contribution in [3.05, 3.63) is 66.5 Å². The Morgan fingerprint density at radius 1 is 0.960 bits per heavy atom. The first-order chi connectivity index (χ1) is 12.3. The molecule has 2 atom stereocenters. The number of hydrogen-bond donors (Lipinski definition) is 0. The monoisotopic (exact) mass is 329 g/mol. The molecule has 1 fully saturated rings. The summed E-state index contributed by atoms with van der Waals surface area (Å²) in [6.07, 6.45) is 5.30. The maximum Gasteiger partial charge on any atom is 0.258 e. The maximum absolute atomic E-state index is 5.86. The average Bonchev–Trinajstić information content (AvgIpc) is 3.27. The Kier molecular flexibility index (Phi) is 3.23. The summed E-state index contributed by atoms with van der Waals surface area (Å²) in [6, 6.07) is 17.3. The number of para-hydroxylation sites is 1. The van der Waals surface area contributed by atoms with Gasteiger partial charge in [-0.1, -0.05) is 35.5 Å². The zero-order valence-corrected chi connectivity index (χ0v) is 13.4. The lowest BCUT2D eigenvalue weighted by Crippen LogP contribution is -1.94. The summed E-state index contributed by atoms with van der Waals surface area (Å²) in [5.74, 6) is 3.71. The van der Waals surface area contributed by atoms with Crippen LogP contribution in [0.5, 0.6) is 11.5 Å². The predicted octanol–water partition coefficient (Wildman–Crippen LogP) is 4.59. The van der Waals surface area contributed by atoms with Crippen molar-refractivity contribution in [3.8, 4) is 23.0 Å². The number of allylic oxidation sites excluding steroid dienone is 1. The van der Waals surface area contributed by atoms with Gasteiger partial charge < -0.3 is 9.26 Å². The molecule has 0 saturated heterocycles. The fourth-order valence-corrected chi connectivity index (χ4v) is 2.91. The van der Waals surface area contributed by atoms with E-state index >= 15 is 0 Å². The number of aliphatic imine (C=N–C) groups is 1. The zero-order chi connectivity index (χ0) is 16.6. The molecule has 122 valence electrons. The van der Waals surface area contributed by atoms with Crippen LogP contribution in [0, 0.1) is 11.8 Å². The Hall–Kier alpha value is -3.21. The number of fused-ring (bicyclic) bond motifs is 1. The number of benzene rings is 2. The molecular formula is C20H15N3O2. The molecule has 0 N–H and O–H groups in total. The molecule has 0 amide bonds. The van der Waals surface area contributed by atoms with Crippen molar-refractivity contribution < 1.29 is 9.26 Å². The Morgan fingerprint density at radius 2 is 1.84 bits per heavy atom. The van der Waals surface area contributed by atoms with Crippen LogP contribution in [0.2, 0.25) is 0 Å². The molecule has 0 radical (unpaired) electrons. The van der Waals surface area contributed by atoms with E-state index in [9.17, 15) is 0 Å². The van der Waals surface area contributed by atoms with Crippen molar-refractivity contribution in [1.82, 2.24) is 10.1 Å². The minimum Gasteiger partial charge on any atom is -0.457 e. The summed E-state index contributed by atoms with van der Waals surface area (Å²) < 4.78 is 11.3. The highest BCUT2D eigenvalue weighted by Gasteiger charge is 2.37. The molecule has 5 rings (SSSR count). The number of nitrogens with zero attached hydrogens (tertiary/aromatic N) is 3. The quantitative estimate of drug-likeness (QED) is 0.702. The van der Waals surface area contributed by atoms with Crippen LogP contribution in [0.25, 0.3) is 17.2 Å². The fourth-order valence-electron chi connectivity index (χ4n) is 2.91. The smallest absolute Gasteiger partial charge is 0.258 e. The van der Waals surface area contributed by atoms with Gasteiger partial charge in [0.2, 0.25) is 5.82 Å². The van der Waals surface area contributed by atoms with Gasteiger partial charge in [-0.3, -0.25) is 4.99 Å². The third-order valence-corrected chi connectivity index (χ3v) is 4.38. The molecule has 0 spiro atoms. The van der Waals surface area contributed by atoms with Gasteiger partial charge >= 0.3 is 0 Å². The van der Waals surface area contributed by atoms with E-state index in [-0.39, 0.29) is 0 Å². The van der Waals surface area contributed by atoms with Crippen molar-refractivity contribution in [2.45, 2.75) is 6.42 Å². The highest BCUT2D eigenvalue weighted by Crippen LogP contribution is 2.43. The van der Waals surface area contributed by atoms with Gasteiger partial charge in [-0.25, -0.2) is 0 Å². The van der Waals surface area contributed by atoms with Crippen LogP contribution in [-0.2, 0) is 0 Å². The van der Waals surface area contributed by atoms with E-state index in [1.54, 1.807) is 0 Å². The molecule has 0 bridgehead atoms. The summed E-state index contributed by atoms with van der Waals surface area (Å²) >= 11 is 0. The SMILES string of the molecule is C1=NC(c2noc(-c3cccc(Oc4ccccc4)c3)n2)=CC2CC12. The van der Waals surface area contributed by atoms with Crippen molar-refractivity contribution in [1.29, 1.82) is 0 Å². The van der Waals surface area contributed by atoms with Crippen LogP contribution in [0.3, 0.4) is 0 Å². The molecule has 25 heavy (non-hydrogen) atoms. The van der Waals surface area contributed by atoms with Gasteiger partial charge in [0.15, 0.2) is 0 Å². The Labute approximate surface area is 144 Å². The third kappa shape index (κ3) is 2.85. The highest BCUT2D eigenvalue weighted by atomic mass is 16.5. The summed E-state index contributed by atoms with van der Waals surface area (Å²) in [4.78, 5) is 8.92. The van der Waals surface area contributed by atoms with Gasteiger partial charge in [-0.05, 0) is 42.7 Å². The molecule has 5 heteroatoms. The standard InChI is InChI=1S/C20H15N3O2/c1-2-6-16(7-3-1)24-17-8-4-5-13(10-17)20-22-19(23-25-20)18-11-14-9-15(14)12-21-18/h1-8,10-12,14-15H,9H2. The summed E-state index contributed by atoms with van der Waals surface area (Å²) in [5.41, 5.74) is 1.61. The van der Waals surface area contributed by atoms with Crippen molar-refractivity contribution >= 4 is 11.9 Å². The molecule has 1 aliphatic carbocycles. The van der Waals surface area contributed by atoms with E-state index in [1.807, 2.05) is 60.8 Å². The zero-order valence-electron chi connectivity index (χ0n) is 13.4. The van der Waals surface area contributed by atoms with Crippen molar-refractivity contribution in [3.63, 3.8) is 0 Å². The summed E-state index contributed by atoms with van der Waals surface area (Å²) in [5, 5.41) is 4.07. The van der Waals surface area contributed by atoms with Crippen LogP contribution in [0.15, 0.2) is 70.2 Å². The minimum atomic E-state index is 0.461. The second-order valence-electron chi connectivity index (χ2n) is 6.26. The van der Waals surface area contributed by atoms with Gasteiger partial charge in [0, 0.05) is 17.7 Å². The van der Waals surface area contributed by atoms with Crippen LogP contribution in [0.4, 0.5) is 0 Å². The van der Waals surface area contributed by atoms with Gasteiger partial charge in [0.05, 0.1) is 0 Å². The molecule has 5 nitrogen and oxygen atoms in total. The van der Waals surface area contributed by atoms with E-state index < -0.39 is 0 Å². The summed E-state index contributed by atoms with van der Waals surface area (Å²) in [6.45, 7) is 0. The van der Waals surface area contributed by atoms with Crippen molar-refractivity contribution in [2.24, 2.45) is 16.8 Å². The third-order valence-electron chi connectivity index (χ3n) is 4.38. The van der Waals surface area contributed by atoms with Crippen LogP contribution in [0.1, 0.15) is 12.2 Å². The summed E-state index contributed by atoms with van der Waals surface area (Å²) in [7, 11) is 0. The molecule has 3 aromatic rings. The molecule has 2 heterocycles. The van der Waals surface area contributed by atoms with Gasteiger partial charge in [-0.15, -0.1) is 0 Å². The molecule has 1 saturated carbocycles. The number of hydrogen-bond acceptors (Lipinski definition) is 5. The lowest BCUT2D eigenvalue weighted by Gasteiger charge is -2.05. The van der Waals surface area contributed by atoms with E-state index in [1.165, 1.54) is 6.42 Å². The number of rotatable bonds is 4. The molecule has 2 aliphatic rings. The minimum absolute atomic E-state index is 0.461. The first-order valence-electron chi connectivity index (χ1n) is 8.28. The van der Waals surface area contributed by atoms with Crippen molar-refractivity contribution in [2.75, 3.05) is 0 Å². The first-order valence-corrected chi connectivity index (χ1v) is 8.28. The van der Waals surface area contributed by atoms with Crippen LogP contribution in [-0.4, -0.2) is 16.4 Å².